The first kappa shape index (κ1) is 9.98. The summed E-state index contributed by atoms with van der Waals surface area (Å²) in [5.41, 5.74) is 7.36. The number of pyridine rings is 1. The Bertz CT molecular complexity index is 381. The SMILES string of the molecule is CC(C)S(=O)(=O)c1ccc([NH])cn1. The molecular formula is C8H11N2O2S. The first-order chi connectivity index (χ1) is 5.94. The molecule has 0 bridgehead atoms. The van der Waals surface area contributed by atoms with E-state index in [2.05, 4.69) is 4.98 Å². The van der Waals surface area contributed by atoms with Gasteiger partial charge in [-0.1, -0.05) is 0 Å². The fourth-order valence-electron chi connectivity index (χ4n) is 0.790. The summed E-state index contributed by atoms with van der Waals surface area (Å²) in [6.07, 6.45) is 1.23. The summed E-state index contributed by atoms with van der Waals surface area (Å²) in [4.78, 5) is 3.70. The van der Waals surface area contributed by atoms with E-state index in [1.54, 1.807) is 13.8 Å². The molecule has 0 aliphatic carbocycles. The molecule has 1 aromatic rings. The molecule has 0 aliphatic rings. The van der Waals surface area contributed by atoms with Crippen molar-refractivity contribution >= 4 is 15.5 Å². The first-order valence-corrected chi connectivity index (χ1v) is 5.41. The van der Waals surface area contributed by atoms with Gasteiger partial charge in [0.2, 0.25) is 0 Å². The predicted molar refractivity (Wildman–Crippen MR) is 49.3 cm³/mol. The Labute approximate surface area is 77.7 Å². The Morgan fingerprint density at radius 2 is 2.00 bits per heavy atom. The molecule has 0 saturated heterocycles. The molecule has 0 aromatic carbocycles. The molecule has 0 saturated carbocycles. The number of nitrogens with one attached hydrogen (secondary N) is 1. The third-order valence-electron chi connectivity index (χ3n) is 1.65. The van der Waals surface area contributed by atoms with Gasteiger partial charge in [0.15, 0.2) is 14.9 Å². The van der Waals surface area contributed by atoms with Gasteiger partial charge in [0.25, 0.3) is 0 Å². The highest BCUT2D eigenvalue weighted by molar-refractivity contribution is 7.91. The van der Waals surface area contributed by atoms with Crippen LogP contribution in [0.4, 0.5) is 5.69 Å². The van der Waals surface area contributed by atoms with Crippen LogP contribution in [0.1, 0.15) is 13.8 Å². The van der Waals surface area contributed by atoms with Crippen molar-refractivity contribution in [1.82, 2.24) is 10.7 Å². The third kappa shape index (κ3) is 1.98. The lowest BCUT2D eigenvalue weighted by Gasteiger charge is -2.05. The van der Waals surface area contributed by atoms with Crippen molar-refractivity contribution in [2.75, 3.05) is 0 Å². The lowest BCUT2D eigenvalue weighted by atomic mass is 10.4. The lowest BCUT2D eigenvalue weighted by Crippen LogP contribution is -2.15. The smallest absolute Gasteiger partial charge is 0.197 e. The minimum Gasteiger partial charge on any atom is -0.299 e. The van der Waals surface area contributed by atoms with Crippen molar-refractivity contribution in [1.29, 1.82) is 0 Å². The van der Waals surface area contributed by atoms with Crippen molar-refractivity contribution in [3.05, 3.63) is 18.3 Å². The molecule has 0 fully saturated rings. The third-order valence-corrected chi connectivity index (χ3v) is 3.71. The summed E-state index contributed by atoms with van der Waals surface area (Å²) in [7, 11) is -3.29. The van der Waals surface area contributed by atoms with Crippen LogP contribution in [0.3, 0.4) is 0 Å². The highest BCUT2D eigenvalue weighted by atomic mass is 32.2. The van der Waals surface area contributed by atoms with Gasteiger partial charge in [-0.2, -0.15) is 0 Å². The van der Waals surface area contributed by atoms with E-state index in [1.807, 2.05) is 0 Å². The Balaban J connectivity index is 3.17. The van der Waals surface area contributed by atoms with Gasteiger partial charge >= 0.3 is 0 Å². The summed E-state index contributed by atoms with van der Waals surface area (Å²) < 4.78 is 23.0. The highest BCUT2D eigenvalue weighted by Gasteiger charge is 2.19. The van der Waals surface area contributed by atoms with Crippen molar-refractivity contribution in [2.24, 2.45) is 0 Å². The van der Waals surface area contributed by atoms with Crippen molar-refractivity contribution in [3.8, 4) is 0 Å². The number of nitrogens with zero attached hydrogens (tertiary/aromatic N) is 1. The standard InChI is InChI=1S/C8H11N2O2S/c1-6(2)13(11,12)8-4-3-7(9)5-10-8/h3-6,9H,1-2H3. The van der Waals surface area contributed by atoms with Crippen molar-refractivity contribution < 1.29 is 8.42 Å². The lowest BCUT2D eigenvalue weighted by molar-refractivity contribution is 0.583. The van der Waals surface area contributed by atoms with Crippen LogP contribution in [-0.4, -0.2) is 18.7 Å². The average Bonchev–Trinajstić information content (AvgIpc) is 2.04. The van der Waals surface area contributed by atoms with Gasteiger partial charge in [-0.3, -0.25) is 5.73 Å². The molecule has 0 atom stereocenters. The van der Waals surface area contributed by atoms with Gasteiger partial charge in [-0.15, -0.1) is 0 Å². The molecule has 0 unspecified atom stereocenters. The Morgan fingerprint density at radius 3 is 2.38 bits per heavy atom. The van der Waals surface area contributed by atoms with Crippen LogP contribution in [0.2, 0.25) is 0 Å². The Hall–Kier alpha value is -1.10. The molecule has 0 amide bonds. The number of hydrogen-bond donors (Lipinski definition) is 0. The molecular weight excluding hydrogens is 188 g/mol. The van der Waals surface area contributed by atoms with E-state index >= 15 is 0 Å². The summed E-state index contributed by atoms with van der Waals surface area (Å²) in [5.74, 6) is 0. The van der Waals surface area contributed by atoms with E-state index in [4.69, 9.17) is 5.73 Å². The molecule has 1 heterocycles. The maximum absolute atomic E-state index is 11.5. The van der Waals surface area contributed by atoms with Crippen molar-refractivity contribution in [2.45, 2.75) is 24.1 Å². The summed E-state index contributed by atoms with van der Waals surface area (Å²) in [6.45, 7) is 3.21. The molecule has 13 heavy (non-hydrogen) atoms. The first-order valence-electron chi connectivity index (χ1n) is 3.86. The van der Waals surface area contributed by atoms with E-state index < -0.39 is 15.1 Å². The Morgan fingerprint density at radius 1 is 1.38 bits per heavy atom. The minimum absolute atomic E-state index is 0.0403. The maximum Gasteiger partial charge on any atom is 0.197 e. The number of rotatable bonds is 2. The van der Waals surface area contributed by atoms with Crippen LogP contribution in [-0.2, 0) is 9.84 Å². The molecule has 71 valence electrons. The monoisotopic (exact) mass is 199 g/mol. The fourth-order valence-corrected chi connectivity index (χ4v) is 1.73. The zero-order chi connectivity index (χ0) is 10.1. The van der Waals surface area contributed by atoms with E-state index in [0.717, 1.165) is 0 Å². The average molecular weight is 199 g/mol. The Kier molecular flexibility index (Phi) is 2.56. The van der Waals surface area contributed by atoms with Gasteiger partial charge < -0.3 is 0 Å². The maximum atomic E-state index is 11.5. The second kappa shape index (κ2) is 3.33. The van der Waals surface area contributed by atoms with Gasteiger partial charge in [0, 0.05) is 0 Å². The summed E-state index contributed by atoms with van der Waals surface area (Å²) >= 11 is 0. The van der Waals surface area contributed by atoms with Crippen LogP contribution in [0, 0.1) is 0 Å². The zero-order valence-corrected chi connectivity index (χ0v) is 8.30. The van der Waals surface area contributed by atoms with Crippen LogP contribution in [0.15, 0.2) is 23.4 Å². The molecule has 1 rings (SSSR count). The van der Waals surface area contributed by atoms with E-state index in [0.29, 0.717) is 0 Å². The van der Waals surface area contributed by atoms with Crippen LogP contribution >= 0.6 is 0 Å². The highest BCUT2D eigenvalue weighted by Crippen LogP contribution is 2.14. The number of aromatic nitrogens is 1. The van der Waals surface area contributed by atoms with Gasteiger partial charge in [-0.25, -0.2) is 13.4 Å². The molecule has 4 nitrogen and oxygen atoms in total. The quantitative estimate of drug-likeness (QED) is 0.718. The topological polar surface area (TPSA) is 70.8 Å². The molecule has 1 radical (unpaired) electrons. The van der Waals surface area contributed by atoms with Gasteiger partial charge in [-0.05, 0) is 26.0 Å². The van der Waals surface area contributed by atoms with Crippen LogP contribution in [0.25, 0.3) is 0 Å². The van der Waals surface area contributed by atoms with Gasteiger partial charge in [0.1, 0.15) is 0 Å². The summed E-state index contributed by atoms with van der Waals surface area (Å²) in [5, 5.41) is -0.435. The molecule has 0 aliphatic heterocycles. The van der Waals surface area contributed by atoms with Crippen molar-refractivity contribution in [3.63, 3.8) is 0 Å². The fraction of sp³-hybridized carbons (Fsp3) is 0.375. The van der Waals surface area contributed by atoms with E-state index in [-0.39, 0.29) is 10.7 Å². The molecule has 1 N–H and O–H groups in total. The van der Waals surface area contributed by atoms with E-state index in [1.165, 1.54) is 18.3 Å². The predicted octanol–water partition coefficient (Wildman–Crippen LogP) is 1.18. The summed E-state index contributed by atoms with van der Waals surface area (Å²) in [6, 6.07) is 2.78. The second-order valence-corrected chi connectivity index (χ2v) is 5.43. The van der Waals surface area contributed by atoms with Crippen LogP contribution < -0.4 is 5.73 Å². The zero-order valence-electron chi connectivity index (χ0n) is 7.48. The molecule has 5 heteroatoms. The van der Waals surface area contributed by atoms with Gasteiger partial charge in [0.05, 0.1) is 17.1 Å². The minimum atomic E-state index is -3.29. The largest absolute Gasteiger partial charge is 0.299 e. The van der Waals surface area contributed by atoms with E-state index in [9.17, 15) is 8.42 Å². The molecule has 0 spiro atoms. The second-order valence-electron chi connectivity index (χ2n) is 2.98. The number of hydrogen-bond acceptors (Lipinski definition) is 3. The normalized spacial score (nSPS) is 11.9. The number of sulfone groups is 1. The van der Waals surface area contributed by atoms with Crippen LogP contribution in [0.5, 0.6) is 0 Å². The molecule has 1 aromatic heterocycles.